The highest BCUT2D eigenvalue weighted by atomic mass is 35.7. The van der Waals surface area contributed by atoms with Crippen molar-refractivity contribution in [3.63, 3.8) is 0 Å². The summed E-state index contributed by atoms with van der Waals surface area (Å²) in [4.78, 5) is 13.0. The number of halogens is 3. The van der Waals surface area contributed by atoms with E-state index in [2.05, 4.69) is 0 Å². The Morgan fingerprint density at radius 1 is 1.48 bits per heavy atom. The summed E-state index contributed by atoms with van der Waals surface area (Å²) in [5.74, 6) is -1.62. The van der Waals surface area contributed by atoms with Crippen LogP contribution in [0.3, 0.4) is 0 Å². The molecule has 0 N–H and O–H groups in total. The third kappa shape index (κ3) is 3.48. The van der Waals surface area contributed by atoms with Crippen molar-refractivity contribution < 1.29 is 22.3 Å². The molecule has 0 spiro atoms. The maximum atomic E-state index is 13.6. The summed E-state index contributed by atoms with van der Waals surface area (Å²) in [6.45, 7) is 0.933. The van der Waals surface area contributed by atoms with Gasteiger partial charge in [0, 0.05) is 24.3 Å². The number of hydrogen-bond acceptors (Lipinski definition) is 4. The number of likely N-dealkylation sites (N-methyl/N-ethyl adjacent to an activating group) is 1. The zero-order chi connectivity index (χ0) is 15.8. The summed E-state index contributed by atoms with van der Waals surface area (Å²) in [5, 5.41) is -0.174. The smallest absolute Gasteiger partial charge is 0.264 e. The number of carbonyl (C=O) groups excluding carboxylic acids is 1. The highest BCUT2D eigenvalue weighted by Gasteiger charge is 2.28. The summed E-state index contributed by atoms with van der Waals surface area (Å²) < 4.78 is 41.4. The minimum atomic E-state index is -4.31. The number of nitrogens with zero attached hydrogens (tertiary/aromatic N) is 1. The first kappa shape index (κ1) is 16.5. The van der Waals surface area contributed by atoms with E-state index in [0.717, 1.165) is 12.1 Å². The molecule has 2 rings (SSSR count). The van der Waals surface area contributed by atoms with Gasteiger partial charge in [-0.3, -0.25) is 4.79 Å². The van der Waals surface area contributed by atoms with E-state index in [9.17, 15) is 17.6 Å². The van der Waals surface area contributed by atoms with Gasteiger partial charge in [0.15, 0.2) is 0 Å². The molecular weight excluding hydrogens is 344 g/mol. The molecule has 1 saturated heterocycles. The summed E-state index contributed by atoms with van der Waals surface area (Å²) in [7, 11) is 2.39. The number of benzene rings is 1. The molecule has 5 nitrogen and oxygen atoms in total. The molecule has 1 fully saturated rings. The Kier molecular flexibility index (Phi) is 4.77. The van der Waals surface area contributed by atoms with Crippen molar-refractivity contribution in [1.82, 2.24) is 4.90 Å². The van der Waals surface area contributed by atoms with Gasteiger partial charge in [0.2, 0.25) is 0 Å². The van der Waals surface area contributed by atoms with E-state index < -0.39 is 25.7 Å². The fourth-order valence-corrected chi connectivity index (χ4v) is 3.20. The van der Waals surface area contributed by atoms with Gasteiger partial charge in [-0.25, -0.2) is 12.8 Å². The number of ether oxygens (including phenoxy) is 1. The Morgan fingerprint density at radius 2 is 2.14 bits per heavy atom. The average molecular weight is 356 g/mol. The predicted molar refractivity (Wildman–Crippen MR) is 75.8 cm³/mol. The first-order chi connectivity index (χ1) is 9.71. The Labute approximate surface area is 131 Å². The summed E-state index contributed by atoms with van der Waals surface area (Å²) >= 11 is 5.84. The van der Waals surface area contributed by atoms with E-state index in [-0.39, 0.29) is 16.6 Å². The fraction of sp³-hybridized carbons (Fsp3) is 0.417. The summed E-state index contributed by atoms with van der Waals surface area (Å²) in [6, 6.07) is 1.49. The molecule has 0 bridgehead atoms. The van der Waals surface area contributed by atoms with Crippen molar-refractivity contribution in [2.45, 2.75) is 17.4 Å². The van der Waals surface area contributed by atoms with E-state index in [1.54, 1.807) is 7.05 Å². The van der Waals surface area contributed by atoms with Gasteiger partial charge in [-0.05, 0) is 18.6 Å². The minimum absolute atomic E-state index is 0.119. The van der Waals surface area contributed by atoms with Gasteiger partial charge in [0.05, 0.1) is 23.2 Å². The third-order valence-corrected chi connectivity index (χ3v) is 4.94. The van der Waals surface area contributed by atoms with Crippen LogP contribution in [0.15, 0.2) is 17.0 Å². The average Bonchev–Trinajstić information content (AvgIpc) is 2.89. The number of hydrogen-bond donors (Lipinski definition) is 0. The van der Waals surface area contributed by atoms with E-state index >= 15 is 0 Å². The van der Waals surface area contributed by atoms with Crippen molar-refractivity contribution >= 4 is 37.2 Å². The first-order valence-electron chi connectivity index (χ1n) is 6.00. The van der Waals surface area contributed by atoms with Gasteiger partial charge in [-0.1, -0.05) is 11.6 Å². The topological polar surface area (TPSA) is 63.7 Å². The molecule has 116 valence electrons. The van der Waals surface area contributed by atoms with E-state index in [0.29, 0.717) is 19.6 Å². The van der Waals surface area contributed by atoms with Crippen molar-refractivity contribution in [3.05, 3.63) is 28.5 Å². The molecule has 9 heteroatoms. The number of rotatable bonds is 3. The van der Waals surface area contributed by atoms with Crippen LogP contribution in [0.4, 0.5) is 4.39 Å². The van der Waals surface area contributed by atoms with Crippen LogP contribution in [0.5, 0.6) is 0 Å². The lowest BCUT2D eigenvalue weighted by Crippen LogP contribution is -2.37. The highest BCUT2D eigenvalue weighted by Crippen LogP contribution is 2.28. The van der Waals surface area contributed by atoms with Crippen LogP contribution in [-0.4, -0.2) is 45.5 Å². The van der Waals surface area contributed by atoms with Gasteiger partial charge < -0.3 is 9.64 Å². The molecule has 1 aliphatic rings. The van der Waals surface area contributed by atoms with Crippen molar-refractivity contribution in [3.8, 4) is 0 Å². The molecule has 1 atom stereocenters. The molecule has 21 heavy (non-hydrogen) atoms. The quantitative estimate of drug-likeness (QED) is 0.780. The van der Waals surface area contributed by atoms with Gasteiger partial charge in [-0.15, -0.1) is 0 Å². The van der Waals surface area contributed by atoms with E-state index in [1.807, 2.05) is 0 Å². The van der Waals surface area contributed by atoms with Crippen molar-refractivity contribution in [1.29, 1.82) is 0 Å². The second-order valence-corrected chi connectivity index (χ2v) is 7.58. The zero-order valence-electron chi connectivity index (χ0n) is 11.0. The van der Waals surface area contributed by atoms with Crippen molar-refractivity contribution in [2.75, 3.05) is 20.3 Å². The standard InChI is InChI=1S/C12H12Cl2FNO4S/c1-16(7-2-3-20-6-7)12(17)8-4-11(21(14,18)19)10(15)5-9(8)13/h4-5,7H,2-3,6H2,1H3. The van der Waals surface area contributed by atoms with Crippen LogP contribution in [0.1, 0.15) is 16.8 Å². The predicted octanol–water partition coefficient (Wildman–Crippen LogP) is 2.27. The molecule has 1 aromatic carbocycles. The zero-order valence-corrected chi connectivity index (χ0v) is 13.3. The SMILES string of the molecule is CN(C(=O)c1cc(S(=O)(=O)Cl)c(F)cc1Cl)C1CCOC1. The Morgan fingerprint density at radius 3 is 2.67 bits per heavy atom. The van der Waals surface area contributed by atoms with Gasteiger partial charge in [0.25, 0.3) is 15.0 Å². The van der Waals surface area contributed by atoms with Gasteiger partial charge in [0.1, 0.15) is 10.7 Å². The molecular formula is C12H12Cl2FNO4S. The van der Waals surface area contributed by atoms with Crippen LogP contribution in [-0.2, 0) is 13.8 Å². The number of carbonyl (C=O) groups is 1. The van der Waals surface area contributed by atoms with Crippen LogP contribution in [0, 0.1) is 5.82 Å². The maximum Gasteiger partial charge on any atom is 0.264 e. The Balaban J connectivity index is 2.41. The summed E-state index contributed by atoms with van der Waals surface area (Å²) in [6.07, 6.45) is 0.668. The lowest BCUT2D eigenvalue weighted by Gasteiger charge is -2.23. The Hall–Kier alpha value is -0.890. The van der Waals surface area contributed by atoms with Crippen molar-refractivity contribution in [2.24, 2.45) is 0 Å². The van der Waals surface area contributed by atoms with Crippen LogP contribution < -0.4 is 0 Å². The maximum absolute atomic E-state index is 13.6. The molecule has 1 aromatic rings. The molecule has 1 unspecified atom stereocenters. The number of amides is 1. The Bertz CT molecular complexity index is 674. The molecule has 1 amide bonds. The minimum Gasteiger partial charge on any atom is -0.379 e. The van der Waals surface area contributed by atoms with Gasteiger partial charge >= 0.3 is 0 Å². The second kappa shape index (κ2) is 6.08. The molecule has 1 heterocycles. The largest absolute Gasteiger partial charge is 0.379 e. The second-order valence-electron chi connectivity index (χ2n) is 4.63. The molecule has 0 saturated carbocycles. The van der Waals surface area contributed by atoms with Crippen LogP contribution >= 0.6 is 22.3 Å². The normalized spacial score (nSPS) is 18.8. The lowest BCUT2D eigenvalue weighted by atomic mass is 10.1. The van der Waals surface area contributed by atoms with Crippen LogP contribution in [0.25, 0.3) is 0 Å². The fourth-order valence-electron chi connectivity index (χ4n) is 2.06. The monoisotopic (exact) mass is 355 g/mol. The molecule has 0 aromatic heterocycles. The summed E-state index contributed by atoms with van der Waals surface area (Å²) in [5.41, 5.74) is -0.119. The molecule has 0 radical (unpaired) electrons. The van der Waals surface area contributed by atoms with E-state index in [1.165, 1.54) is 4.90 Å². The third-order valence-electron chi connectivity index (χ3n) is 3.29. The first-order valence-corrected chi connectivity index (χ1v) is 8.69. The molecule has 1 aliphatic heterocycles. The molecule has 0 aliphatic carbocycles. The lowest BCUT2D eigenvalue weighted by molar-refractivity contribution is 0.0711. The van der Waals surface area contributed by atoms with E-state index in [4.69, 9.17) is 27.0 Å². The van der Waals surface area contributed by atoms with Crippen LogP contribution in [0.2, 0.25) is 5.02 Å². The highest BCUT2D eigenvalue weighted by molar-refractivity contribution is 8.13. The van der Waals surface area contributed by atoms with Gasteiger partial charge in [-0.2, -0.15) is 0 Å².